The zero-order chi connectivity index (χ0) is 10.8. The smallest absolute Gasteiger partial charge is 0.190 e. The zero-order valence-electron chi connectivity index (χ0n) is 7.96. The highest BCUT2D eigenvalue weighted by atomic mass is 35.5. The van der Waals surface area contributed by atoms with Gasteiger partial charge in [0.2, 0.25) is 0 Å². The summed E-state index contributed by atoms with van der Waals surface area (Å²) in [6.45, 7) is 0.782. The van der Waals surface area contributed by atoms with Crippen LogP contribution in [-0.2, 0) is 4.74 Å². The molecular weight excluding hydrogens is 255 g/mol. The molecule has 1 aromatic rings. The van der Waals surface area contributed by atoms with Gasteiger partial charge in [-0.2, -0.15) is 0 Å². The average molecular weight is 265 g/mol. The molecule has 15 heavy (non-hydrogen) atoms. The van der Waals surface area contributed by atoms with E-state index in [9.17, 15) is 4.79 Å². The number of Topliss-reactive ketones (excluding diaryl/α,β-unsaturated/α-hetero) is 1. The number of carbonyl (C=O) groups excluding carboxylic acids is 1. The zero-order valence-corrected chi connectivity index (χ0v) is 10.3. The summed E-state index contributed by atoms with van der Waals surface area (Å²) in [4.78, 5) is 11.6. The standard InChI is InChI=1S/C10H10Cl2O2S/c11-9-3-7(10(12)15-9)8(13)5-14-4-6-1-2-6/h3,6H,1-2,4-5H2. The lowest BCUT2D eigenvalue weighted by molar-refractivity contribution is 0.0740. The van der Waals surface area contributed by atoms with E-state index in [1.807, 2.05) is 0 Å². The van der Waals surface area contributed by atoms with E-state index in [1.165, 1.54) is 24.2 Å². The van der Waals surface area contributed by atoms with Gasteiger partial charge in [-0.15, -0.1) is 11.3 Å². The van der Waals surface area contributed by atoms with Crippen molar-refractivity contribution in [2.75, 3.05) is 13.2 Å². The number of carbonyl (C=O) groups is 1. The summed E-state index contributed by atoms with van der Waals surface area (Å²) in [5.74, 6) is 0.572. The van der Waals surface area contributed by atoms with Crippen LogP contribution in [0, 0.1) is 5.92 Å². The minimum atomic E-state index is -0.0937. The summed E-state index contributed by atoms with van der Waals surface area (Å²) >= 11 is 12.8. The molecule has 0 aromatic carbocycles. The first-order valence-corrected chi connectivity index (χ1v) is 6.30. The van der Waals surface area contributed by atoms with Crippen LogP contribution in [0.2, 0.25) is 8.67 Å². The lowest BCUT2D eigenvalue weighted by atomic mass is 10.2. The number of halogens is 2. The molecule has 1 aliphatic rings. The van der Waals surface area contributed by atoms with Crippen LogP contribution in [0.3, 0.4) is 0 Å². The van der Waals surface area contributed by atoms with Crippen molar-refractivity contribution >= 4 is 40.3 Å². The van der Waals surface area contributed by atoms with Crippen LogP contribution in [0.15, 0.2) is 6.07 Å². The molecule has 0 spiro atoms. The largest absolute Gasteiger partial charge is 0.373 e. The Kier molecular flexibility index (Phi) is 3.67. The maximum absolute atomic E-state index is 11.6. The predicted molar refractivity (Wildman–Crippen MR) is 62.2 cm³/mol. The fourth-order valence-corrected chi connectivity index (χ4v) is 2.71. The van der Waals surface area contributed by atoms with Gasteiger partial charge in [0.25, 0.3) is 0 Å². The van der Waals surface area contributed by atoms with Crippen LogP contribution in [0.5, 0.6) is 0 Å². The fraction of sp³-hybridized carbons (Fsp3) is 0.500. The first kappa shape index (κ1) is 11.4. The molecule has 1 heterocycles. The fourth-order valence-electron chi connectivity index (χ4n) is 1.21. The summed E-state index contributed by atoms with van der Waals surface area (Å²) in [6.07, 6.45) is 2.44. The van der Waals surface area contributed by atoms with E-state index in [-0.39, 0.29) is 12.4 Å². The van der Waals surface area contributed by atoms with Gasteiger partial charge in [0.05, 0.1) is 16.5 Å². The minimum absolute atomic E-state index is 0.0937. The molecule has 0 atom stereocenters. The van der Waals surface area contributed by atoms with E-state index < -0.39 is 0 Å². The molecular formula is C10H10Cl2O2S. The highest BCUT2D eigenvalue weighted by Crippen LogP contribution is 2.32. The van der Waals surface area contributed by atoms with Crippen LogP contribution in [0.1, 0.15) is 23.2 Å². The Bertz CT molecular complexity index is 371. The molecule has 1 saturated carbocycles. The quantitative estimate of drug-likeness (QED) is 0.759. The van der Waals surface area contributed by atoms with Gasteiger partial charge in [-0.05, 0) is 24.8 Å². The van der Waals surface area contributed by atoms with Gasteiger partial charge in [0.1, 0.15) is 10.9 Å². The maximum Gasteiger partial charge on any atom is 0.190 e. The maximum atomic E-state index is 11.6. The lowest BCUT2D eigenvalue weighted by Gasteiger charge is -2.00. The predicted octanol–water partition coefficient (Wildman–Crippen LogP) is 3.66. The molecule has 0 aliphatic heterocycles. The second-order valence-electron chi connectivity index (χ2n) is 3.62. The topological polar surface area (TPSA) is 26.3 Å². The molecule has 1 fully saturated rings. The monoisotopic (exact) mass is 264 g/mol. The summed E-state index contributed by atoms with van der Waals surface area (Å²) in [6, 6.07) is 1.59. The number of ether oxygens (including phenoxy) is 1. The molecule has 82 valence electrons. The van der Waals surface area contributed by atoms with Crippen LogP contribution in [0.25, 0.3) is 0 Å². The van der Waals surface area contributed by atoms with E-state index in [0.29, 0.717) is 26.8 Å². The number of hydrogen-bond acceptors (Lipinski definition) is 3. The van der Waals surface area contributed by atoms with E-state index >= 15 is 0 Å². The highest BCUT2D eigenvalue weighted by molar-refractivity contribution is 7.20. The number of ketones is 1. The summed E-state index contributed by atoms with van der Waals surface area (Å²) < 4.78 is 6.27. The minimum Gasteiger partial charge on any atom is -0.373 e. The average Bonchev–Trinajstić information content (AvgIpc) is 2.92. The first-order valence-electron chi connectivity index (χ1n) is 4.72. The highest BCUT2D eigenvalue weighted by Gasteiger charge is 2.22. The molecule has 0 unspecified atom stereocenters. The van der Waals surface area contributed by atoms with Crippen molar-refractivity contribution in [3.05, 3.63) is 20.3 Å². The van der Waals surface area contributed by atoms with Crippen LogP contribution in [0.4, 0.5) is 0 Å². The third kappa shape index (κ3) is 3.18. The SMILES string of the molecule is O=C(COCC1CC1)c1cc(Cl)sc1Cl. The van der Waals surface area contributed by atoms with E-state index in [4.69, 9.17) is 27.9 Å². The van der Waals surface area contributed by atoms with Crippen molar-refractivity contribution in [2.45, 2.75) is 12.8 Å². The van der Waals surface area contributed by atoms with Crippen molar-refractivity contribution in [1.82, 2.24) is 0 Å². The summed E-state index contributed by atoms with van der Waals surface area (Å²) in [5.41, 5.74) is 0.475. The Hall–Kier alpha value is -0.0900. The van der Waals surface area contributed by atoms with Crippen molar-refractivity contribution in [3.8, 4) is 0 Å². The second kappa shape index (κ2) is 4.83. The molecule has 1 aliphatic carbocycles. The van der Waals surface area contributed by atoms with Crippen molar-refractivity contribution in [3.63, 3.8) is 0 Å². The number of hydrogen-bond donors (Lipinski definition) is 0. The van der Waals surface area contributed by atoms with E-state index in [2.05, 4.69) is 0 Å². The third-order valence-electron chi connectivity index (χ3n) is 2.24. The summed E-state index contributed by atoms with van der Waals surface area (Å²) in [7, 11) is 0. The lowest BCUT2D eigenvalue weighted by Crippen LogP contribution is -2.10. The van der Waals surface area contributed by atoms with E-state index in [1.54, 1.807) is 6.07 Å². The Morgan fingerprint density at radius 2 is 2.27 bits per heavy atom. The van der Waals surface area contributed by atoms with Crippen LogP contribution in [-0.4, -0.2) is 19.0 Å². The van der Waals surface area contributed by atoms with Crippen molar-refractivity contribution in [2.24, 2.45) is 5.92 Å². The first-order chi connectivity index (χ1) is 7.16. The number of rotatable bonds is 5. The molecule has 1 aromatic heterocycles. The molecule has 0 bridgehead atoms. The Morgan fingerprint density at radius 3 is 2.80 bits per heavy atom. The molecule has 0 saturated heterocycles. The van der Waals surface area contributed by atoms with Gasteiger partial charge >= 0.3 is 0 Å². The molecule has 0 amide bonds. The molecule has 5 heteroatoms. The molecule has 0 N–H and O–H groups in total. The molecule has 2 nitrogen and oxygen atoms in total. The third-order valence-corrected chi connectivity index (χ3v) is 3.73. The van der Waals surface area contributed by atoms with Crippen molar-refractivity contribution in [1.29, 1.82) is 0 Å². The summed E-state index contributed by atoms with van der Waals surface area (Å²) in [5, 5.41) is 0. The van der Waals surface area contributed by atoms with Crippen LogP contribution >= 0.6 is 34.5 Å². The van der Waals surface area contributed by atoms with Gasteiger partial charge in [0, 0.05) is 0 Å². The Labute approximate surface area is 102 Å². The van der Waals surface area contributed by atoms with Gasteiger partial charge in [-0.25, -0.2) is 0 Å². The number of thiophene rings is 1. The molecule has 2 rings (SSSR count). The Balaban J connectivity index is 1.86. The van der Waals surface area contributed by atoms with Crippen molar-refractivity contribution < 1.29 is 9.53 Å². The normalized spacial score (nSPS) is 15.6. The van der Waals surface area contributed by atoms with Gasteiger partial charge in [-0.1, -0.05) is 23.2 Å². The van der Waals surface area contributed by atoms with Gasteiger partial charge in [-0.3, -0.25) is 4.79 Å². The second-order valence-corrected chi connectivity index (χ2v) is 5.91. The van der Waals surface area contributed by atoms with Gasteiger partial charge in [0.15, 0.2) is 5.78 Å². The van der Waals surface area contributed by atoms with Gasteiger partial charge < -0.3 is 4.74 Å². The Morgan fingerprint density at radius 1 is 1.53 bits per heavy atom. The van der Waals surface area contributed by atoms with Crippen LogP contribution < -0.4 is 0 Å². The molecule has 0 radical (unpaired) electrons. The van der Waals surface area contributed by atoms with E-state index in [0.717, 1.165) is 0 Å².